The number of hydrogen-bond donors (Lipinski definition) is 3. The third kappa shape index (κ3) is 6.77. The molecule has 2 aromatic rings. The number of hydrogen-bond acceptors (Lipinski definition) is 2. The van der Waals surface area contributed by atoms with Gasteiger partial charge in [0.05, 0.1) is 6.54 Å². The van der Waals surface area contributed by atoms with Crippen LogP contribution in [0.25, 0.3) is 0 Å². The largest absolute Gasteiger partial charge is 0.357 e. The zero-order valence-electron chi connectivity index (χ0n) is 16.5. The van der Waals surface area contributed by atoms with Gasteiger partial charge in [-0.3, -0.25) is 9.79 Å². The maximum atomic E-state index is 12.0. The highest BCUT2D eigenvalue weighted by molar-refractivity contribution is 5.94. The first-order chi connectivity index (χ1) is 13.0. The number of guanidine groups is 1. The predicted octanol–water partition coefficient (Wildman–Crippen LogP) is 2.95. The van der Waals surface area contributed by atoms with Gasteiger partial charge in [-0.2, -0.15) is 0 Å². The molecule has 0 radical (unpaired) electrons. The van der Waals surface area contributed by atoms with E-state index in [0.717, 1.165) is 12.5 Å². The second kappa shape index (κ2) is 10.4. The molecule has 27 heavy (non-hydrogen) atoms. The molecule has 0 unspecified atom stereocenters. The van der Waals surface area contributed by atoms with Gasteiger partial charge < -0.3 is 16.0 Å². The van der Waals surface area contributed by atoms with E-state index in [1.54, 1.807) is 12.1 Å². The molecule has 1 amide bonds. The van der Waals surface area contributed by atoms with Crippen LogP contribution in [0.1, 0.15) is 36.7 Å². The minimum absolute atomic E-state index is 0.0505. The number of carbonyl (C=O) groups is 1. The van der Waals surface area contributed by atoms with Gasteiger partial charge >= 0.3 is 0 Å². The monoisotopic (exact) mass is 366 g/mol. The van der Waals surface area contributed by atoms with Crippen molar-refractivity contribution in [2.75, 3.05) is 26.2 Å². The van der Waals surface area contributed by atoms with Crippen LogP contribution >= 0.6 is 0 Å². The topological polar surface area (TPSA) is 65.5 Å². The Morgan fingerprint density at radius 1 is 0.889 bits per heavy atom. The molecule has 0 heterocycles. The van der Waals surface area contributed by atoms with Crippen LogP contribution in [0.15, 0.2) is 65.7 Å². The lowest BCUT2D eigenvalue weighted by Gasteiger charge is -2.24. The maximum absolute atomic E-state index is 12.0. The standard InChI is InChI=1S/C22H30N4O/c1-4-23-21(26-17-22(2,3)19-13-9-6-10-14-19)25-16-15-24-20(27)18-11-7-5-8-12-18/h5-14H,4,15-17H2,1-3H3,(H,24,27)(H2,23,25,26). The Labute approximate surface area is 162 Å². The number of aliphatic imine (C=N–C) groups is 1. The first-order valence-corrected chi connectivity index (χ1v) is 9.44. The van der Waals surface area contributed by atoms with E-state index < -0.39 is 0 Å². The van der Waals surface area contributed by atoms with E-state index in [0.29, 0.717) is 25.2 Å². The van der Waals surface area contributed by atoms with E-state index >= 15 is 0 Å². The molecule has 5 nitrogen and oxygen atoms in total. The molecule has 0 saturated heterocycles. The molecule has 0 fully saturated rings. The van der Waals surface area contributed by atoms with Gasteiger partial charge in [-0.15, -0.1) is 0 Å². The second-order valence-electron chi connectivity index (χ2n) is 6.99. The van der Waals surface area contributed by atoms with Crippen LogP contribution in [0, 0.1) is 0 Å². The van der Waals surface area contributed by atoms with Crippen molar-refractivity contribution in [1.29, 1.82) is 0 Å². The summed E-state index contributed by atoms with van der Waals surface area (Å²) >= 11 is 0. The summed E-state index contributed by atoms with van der Waals surface area (Å²) in [5.41, 5.74) is 1.88. The summed E-state index contributed by atoms with van der Waals surface area (Å²) < 4.78 is 0. The lowest BCUT2D eigenvalue weighted by Crippen LogP contribution is -2.42. The van der Waals surface area contributed by atoms with Gasteiger partial charge in [0, 0.05) is 30.6 Å². The molecular weight excluding hydrogens is 336 g/mol. The molecule has 2 rings (SSSR count). The van der Waals surface area contributed by atoms with Gasteiger partial charge in [0.1, 0.15) is 0 Å². The number of carbonyl (C=O) groups excluding carboxylic acids is 1. The molecule has 5 heteroatoms. The van der Waals surface area contributed by atoms with Gasteiger partial charge in [-0.25, -0.2) is 0 Å². The van der Waals surface area contributed by atoms with Gasteiger partial charge in [-0.05, 0) is 24.6 Å². The highest BCUT2D eigenvalue weighted by Crippen LogP contribution is 2.22. The number of benzene rings is 2. The molecular formula is C22H30N4O. The molecule has 0 aliphatic heterocycles. The minimum atomic E-state index is -0.0652. The summed E-state index contributed by atoms with van der Waals surface area (Å²) in [6.07, 6.45) is 0. The fourth-order valence-corrected chi connectivity index (χ4v) is 2.65. The first kappa shape index (κ1) is 20.5. The SMILES string of the molecule is CCNC(=NCC(C)(C)c1ccccc1)NCCNC(=O)c1ccccc1. The summed E-state index contributed by atoms with van der Waals surface area (Å²) in [4.78, 5) is 16.8. The Bertz CT molecular complexity index is 726. The smallest absolute Gasteiger partial charge is 0.251 e. The minimum Gasteiger partial charge on any atom is -0.357 e. The van der Waals surface area contributed by atoms with Crippen molar-refractivity contribution in [2.24, 2.45) is 4.99 Å². The lowest BCUT2D eigenvalue weighted by molar-refractivity contribution is 0.0954. The van der Waals surface area contributed by atoms with Crippen molar-refractivity contribution in [2.45, 2.75) is 26.2 Å². The molecule has 0 bridgehead atoms. The Hall–Kier alpha value is -2.82. The fraction of sp³-hybridized carbons (Fsp3) is 0.364. The molecule has 0 spiro atoms. The number of rotatable bonds is 8. The van der Waals surface area contributed by atoms with Crippen LogP contribution in [-0.2, 0) is 5.41 Å². The van der Waals surface area contributed by atoms with Crippen molar-refractivity contribution >= 4 is 11.9 Å². The Balaban J connectivity index is 1.84. The summed E-state index contributed by atoms with van der Waals surface area (Å²) in [5, 5.41) is 9.44. The number of nitrogens with zero attached hydrogens (tertiary/aromatic N) is 1. The third-order valence-electron chi connectivity index (χ3n) is 4.27. The van der Waals surface area contributed by atoms with E-state index in [-0.39, 0.29) is 11.3 Å². The second-order valence-corrected chi connectivity index (χ2v) is 6.99. The van der Waals surface area contributed by atoms with E-state index in [9.17, 15) is 4.79 Å². The maximum Gasteiger partial charge on any atom is 0.251 e. The predicted molar refractivity (Wildman–Crippen MR) is 112 cm³/mol. The lowest BCUT2D eigenvalue weighted by atomic mass is 9.85. The summed E-state index contributed by atoms with van der Waals surface area (Å²) in [7, 11) is 0. The van der Waals surface area contributed by atoms with Crippen LogP contribution in [0.5, 0.6) is 0 Å². The average molecular weight is 367 g/mol. The van der Waals surface area contributed by atoms with Gasteiger partial charge in [0.25, 0.3) is 5.91 Å². The van der Waals surface area contributed by atoms with E-state index in [1.165, 1.54) is 5.56 Å². The van der Waals surface area contributed by atoms with Crippen molar-refractivity contribution < 1.29 is 4.79 Å². The van der Waals surface area contributed by atoms with Crippen LogP contribution < -0.4 is 16.0 Å². The van der Waals surface area contributed by atoms with E-state index in [2.05, 4.69) is 54.1 Å². The van der Waals surface area contributed by atoms with Crippen LogP contribution in [0.3, 0.4) is 0 Å². The van der Waals surface area contributed by atoms with Crippen molar-refractivity contribution in [3.05, 3.63) is 71.8 Å². The molecule has 0 aromatic heterocycles. The Morgan fingerprint density at radius 3 is 2.11 bits per heavy atom. The number of amides is 1. The quantitative estimate of drug-likeness (QED) is 0.382. The molecule has 0 saturated carbocycles. The molecule has 0 atom stereocenters. The van der Waals surface area contributed by atoms with Crippen molar-refractivity contribution in [3.8, 4) is 0 Å². The summed E-state index contributed by atoms with van der Waals surface area (Å²) in [6.45, 7) is 9.01. The Morgan fingerprint density at radius 2 is 1.48 bits per heavy atom. The third-order valence-corrected chi connectivity index (χ3v) is 4.27. The van der Waals surface area contributed by atoms with Crippen molar-refractivity contribution in [1.82, 2.24) is 16.0 Å². The zero-order chi connectivity index (χ0) is 19.5. The molecule has 2 aromatic carbocycles. The fourth-order valence-electron chi connectivity index (χ4n) is 2.65. The normalized spacial score (nSPS) is 11.7. The first-order valence-electron chi connectivity index (χ1n) is 9.44. The van der Waals surface area contributed by atoms with E-state index in [4.69, 9.17) is 4.99 Å². The average Bonchev–Trinajstić information content (AvgIpc) is 2.70. The molecule has 0 aliphatic carbocycles. The molecule has 3 N–H and O–H groups in total. The molecule has 144 valence electrons. The van der Waals surface area contributed by atoms with Crippen LogP contribution in [0.4, 0.5) is 0 Å². The van der Waals surface area contributed by atoms with Gasteiger partial charge in [0.2, 0.25) is 0 Å². The van der Waals surface area contributed by atoms with Crippen LogP contribution in [0.2, 0.25) is 0 Å². The summed E-state index contributed by atoms with van der Waals surface area (Å²) in [6, 6.07) is 19.6. The number of nitrogens with one attached hydrogen (secondary N) is 3. The zero-order valence-corrected chi connectivity index (χ0v) is 16.5. The van der Waals surface area contributed by atoms with Gasteiger partial charge in [0.15, 0.2) is 5.96 Å². The highest BCUT2D eigenvalue weighted by Gasteiger charge is 2.20. The van der Waals surface area contributed by atoms with Crippen LogP contribution in [-0.4, -0.2) is 38.0 Å². The van der Waals surface area contributed by atoms with Gasteiger partial charge in [-0.1, -0.05) is 62.4 Å². The van der Waals surface area contributed by atoms with Crippen molar-refractivity contribution in [3.63, 3.8) is 0 Å². The van der Waals surface area contributed by atoms with E-state index in [1.807, 2.05) is 31.2 Å². The summed E-state index contributed by atoms with van der Waals surface area (Å²) in [5.74, 6) is 0.694. The molecule has 0 aliphatic rings. The Kier molecular flexibility index (Phi) is 7.86. The highest BCUT2D eigenvalue weighted by atomic mass is 16.1.